The maximum atomic E-state index is 12.4. The smallest absolute Gasteiger partial charge is 0.271 e. The number of benzene rings is 2. The van der Waals surface area contributed by atoms with Gasteiger partial charge in [0.1, 0.15) is 0 Å². The second kappa shape index (κ2) is 8.51. The third kappa shape index (κ3) is 4.85. The Balaban J connectivity index is 1.65. The van der Waals surface area contributed by atoms with Gasteiger partial charge >= 0.3 is 0 Å². The van der Waals surface area contributed by atoms with Crippen molar-refractivity contribution in [3.63, 3.8) is 0 Å². The number of nitro groups is 1. The van der Waals surface area contributed by atoms with Crippen LogP contribution in [0.25, 0.3) is 11.3 Å². The first-order valence-electron chi connectivity index (χ1n) is 7.86. The van der Waals surface area contributed by atoms with E-state index in [1.54, 1.807) is 6.92 Å². The molecule has 3 aromatic rings. The van der Waals surface area contributed by atoms with Gasteiger partial charge in [0.15, 0.2) is 4.34 Å². The van der Waals surface area contributed by atoms with Gasteiger partial charge in [-0.15, -0.1) is 11.3 Å². The lowest BCUT2D eigenvalue weighted by Crippen LogP contribution is -2.22. The third-order valence-corrected chi connectivity index (χ3v) is 6.01. The maximum absolute atomic E-state index is 12.4. The number of thioether (sulfide) groups is 1. The second-order valence-electron chi connectivity index (χ2n) is 5.54. The summed E-state index contributed by atoms with van der Waals surface area (Å²) in [4.78, 5) is 27.2. The highest BCUT2D eigenvalue weighted by Crippen LogP contribution is 2.32. The Morgan fingerprint density at radius 1 is 1.30 bits per heavy atom. The van der Waals surface area contributed by atoms with Crippen molar-refractivity contribution in [3.05, 3.63) is 69.0 Å². The fourth-order valence-electron chi connectivity index (χ4n) is 2.21. The van der Waals surface area contributed by atoms with Gasteiger partial charge in [0.2, 0.25) is 5.91 Å². The Labute approximate surface area is 168 Å². The molecule has 0 aliphatic heterocycles. The largest absolute Gasteiger partial charge is 0.324 e. The SMILES string of the molecule is CC(Sc1nc(-c2ccccc2)cs1)C(=O)Nc1ccc([N+](=O)[O-])cc1Cl. The molecule has 1 N–H and O–H groups in total. The van der Waals surface area contributed by atoms with Crippen LogP contribution in [-0.4, -0.2) is 21.1 Å². The number of rotatable bonds is 6. The van der Waals surface area contributed by atoms with E-state index in [1.807, 2.05) is 35.7 Å². The van der Waals surface area contributed by atoms with Gasteiger partial charge in [0.25, 0.3) is 5.69 Å². The van der Waals surface area contributed by atoms with Gasteiger partial charge < -0.3 is 5.32 Å². The van der Waals surface area contributed by atoms with Crippen LogP contribution in [0.15, 0.2) is 58.3 Å². The first kappa shape index (κ1) is 19.3. The van der Waals surface area contributed by atoms with E-state index >= 15 is 0 Å². The first-order chi connectivity index (χ1) is 12.9. The molecule has 0 fully saturated rings. The van der Waals surface area contributed by atoms with E-state index in [-0.39, 0.29) is 16.6 Å². The number of hydrogen-bond donors (Lipinski definition) is 1. The van der Waals surface area contributed by atoms with Crippen molar-refractivity contribution < 1.29 is 9.72 Å². The number of halogens is 1. The van der Waals surface area contributed by atoms with Crippen LogP contribution in [0.2, 0.25) is 5.02 Å². The molecule has 2 aromatic carbocycles. The van der Waals surface area contributed by atoms with Gasteiger partial charge in [0, 0.05) is 23.1 Å². The van der Waals surface area contributed by atoms with Crippen molar-refractivity contribution in [1.29, 1.82) is 0 Å². The van der Waals surface area contributed by atoms with Gasteiger partial charge in [0.05, 0.1) is 26.6 Å². The number of carbonyl (C=O) groups excluding carboxylic acids is 1. The number of nitro benzene ring substituents is 1. The van der Waals surface area contributed by atoms with Crippen molar-refractivity contribution in [2.45, 2.75) is 16.5 Å². The van der Waals surface area contributed by atoms with Crippen molar-refractivity contribution in [1.82, 2.24) is 4.98 Å². The van der Waals surface area contributed by atoms with Crippen LogP contribution >= 0.6 is 34.7 Å². The van der Waals surface area contributed by atoms with Gasteiger partial charge in [-0.2, -0.15) is 0 Å². The highest BCUT2D eigenvalue weighted by Gasteiger charge is 2.19. The number of nitrogens with one attached hydrogen (secondary N) is 1. The van der Waals surface area contributed by atoms with E-state index in [4.69, 9.17) is 11.6 Å². The summed E-state index contributed by atoms with van der Waals surface area (Å²) in [5, 5.41) is 15.1. The predicted octanol–water partition coefficient (Wildman–Crippen LogP) is 5.49. The molecule has 1 amide bonds. The molecule has 0 saturated heterocycles. The van der Waals surface area contributed by atoms with Crippen molar-refractivity contribution >= 4 is 52.0 Å². The fourth-order valence-corrected chi connectivity index (χ4v) is 4.40. The van der Waals surface area contributed by atoms with E-state index in [0.717, 1.165) is 15.6 Å². The number of thiazole rings is 1. The van der Waals surface area contributed by atoms with E-state index in [2.05, 4.69) is 10.3 Å². The van der Waals surface area contributed by atoms with Crippen molar-refractivity contribution in [2.24, 2.45) is 0 Å². The van der Waals surface area contributed by atoms with Gasteiger partial charge in [-0.25, -0.2) is 4.98 Å². The summed E-state index contributed by atoms with van der Waals surface area (Å²) in [5.41, 5.74) is 2.10. The molecule has 9 heteroatoms. The van der Waals surface area contributed by atoms with Crippen LogP contribution in [0.5, 0.6) is 0 Å². The Morgan fingerprint density at radius 2 is 2.04 bits per heavy atom. The van der Waals surface area contributed by atoms with Gasteiger partial charge in [-0.3, -0.25) is 14.9 Å². The molecule has 138 valence electrons. The lowest BCUT2D eigenvalue weighted by atomic mass is 10.2. The summed E-state index contributed by atoms with van der Waals surface area (Å²) in [6.07, 6.45) is 0. The summed E-state index contributed by atoms with van der Waals surface area (Å²) >= 11 is 8.84. The van der Waals surface area contributed by atoms with Crippen LogP contribution in [0.1, 0.15) is 6.92 Å². The summed E-state index contributed by atoms with van der Waals surface area (Å²) in [7, 11) is 0. The Bertz CT molecular complexity index is 979. The topological polar surface area (TPSA) is 85.1 Å². The Hall–Kier alpha value is -2.42. The van der Waals surface area contributed by atoms with E-state index in [0.29, 0.717) is 5.69 Å². The molecule has 0 radical (unpaired) electrons. The molecule has 6 nitrogen and oxygen atoms in total. The van der Waals surface area contributed by atoms with Gasteiger partial charge in [-0.05, 0) is 13.0 Å². The minimum Gasteiger partial charge on any atom is -0.324 e. The number of aromatic nitrogens is 1. The summed E-state index contributed by atoms with van der Waals surface area (Å²) < 4.78 is 0.784. The minimum atomic E-state index is -0.539. The van der Waals surface area contributed by atoms with Crippen LogP contribution in [0.3, 0.4) is 0 Å². The van der Waals surface area contributed by atoms with Crippen LogP contribution < -0.4 is 5.32 Å². The zero-order chi connectivity index (χ0) is 19.4. The predicted molar refractivity (Wildman–Crippen MR) is 110 cm³/mol. The number of hydrogen-bond acceptors (Lipinski definition) is 6. The summed E-state index contributed by atoms with van der Waals surface area (Å²) in [6, 6.07) is 13.7. The highest BCUT2D eigenvalue weighted by atomic mass is 35.5. The molecule has 27 heavy (non-hydrogen) atoms. The van der Waals surface area contributed by atoms with E-state index in [9.17, 15) is 14.9 Å². The monoisotopic (exact) mass is 419 g/mol. The molecule has 3 rings (SSSR count). The molecule has 0 aliphatic carbocycles. The van der Waals surface area contributed by atoms with Crippen LogP contribution in [0.4, 0.5) is 11.4 Å². The zero-order valence-electron chi connectivity index (χ0n) is 14.1. The minimum absolute atomic E-state index is 0.121. The lowest BCUT2D eigenvalue weighted by molar-refractivity contribution is -0.384. The number of non-ortho nitro benzene ring substituents is 1. The standard InChI is InChI=1S/C18H14ClN3O3S2/c1-11(17(23)20-15-8-7-13(22(24)25)9-14(15)19)27-18-21-16(10-26-18)12-5-3-2-4-6-12/h2-11H,1H3,(H,20,23). The number of nitrogens with zero attached hydrogens (tertiary/aromatic N) is 2. The average Bonchev–Trinajstić information content (AvgIpc) is 3.12. The van der Waals surface area contributed by atoms with E-state index in [1.165, 1.54) is 41.3 Å². The van der Waals surface area contributed by atoms with Crippen LogP contribution in [0, 0.1) is 10.1 Å². The van der Waals surface area contributed by atoms with Crippen molar-refractivity contribution in [2.75, 3.05) is 5.32 Å². The molecular weight excluding hydrogens is 406 g/mol. The molecule has 0 bridgehead atoms. The number of amides is 1. The number of carbonyl (C=O) groups is 1. The second-order valence-corrected chi connectivity index (χ2v) is 8.39. The third-order valence-electron chi connectivity index (χ3n) is 3.62. The molecule has 0 aliphatic rings. The van der Waals surface area contributed by atoms with Gasteiger partial charge in [-0.1, -0.05) is 53.7 Å². The highest BCUT2D eigenvalue weighted by molar-refractivity contribution is 8.02. The Morgan fingerprint density at radius 3 is 2.70 bits per heavy atom. The average molecular weight is 420 g/mol. The fraction of sp³-hybridized carbons (Fsp3) is 0.111. The van der Waals surface area contributed by atoms with Crippen molar-refractivity contribution in [3.8, 4) is 11.3 Å². The molecule has 1 heterocycles. The lowest BCUT2D eigenvalue weighted by Gasteiger charge is -2.11. The quantitative estimate of drug-likeness (QED) is 0.324. The molecule has 0 saturated carbocycles. The Kier molecular flexibility index (Phi) is 6.10. The molecule has 0 spiro atoms. The molecular formula is C18H14ClN3O3S2. The molecule has 1 aromatic heterocycles. The zero-order valence-corrected chi connectivity index (χ0v) is 16.5. The maximum Gasteiger partial charge on any atom is 0.271 e. The summed E-state index contributed by atoms with van der Waals surface area (Å²) in [6.45, 7) is 1.77. The van der Waals surface area contributed by atoms with E-state index < -0.39 is 10.2 Å². The van der Waals surface area contributed by atoms with Crippen LogP contribution in [-0.2, 0) is 4.79 Å². The molecule has 1 atom stereocenters. The summed E-state index contributed by atoms with van der Waals surface area (Å²) in [5.74, 6) is -0.257. The first-order valence-corrected chi connectivity index (χ1v) is 10.00. The molecule has 1 unspecified atom stereocenters. The number of anilines is 1. The normalized spacial score (nSPS) is 11.8.